The number of Topliss-reactive ketones (excluding diaryl/α,β-unsaturated/α-hetero) is 1. The van der Waals surface area contributed by atoms with Gasteiger partial charge in [-0.1, -0.05) is 0 Å². The Kier molecular flexibility index (Phi) is 3.03. The number of hydrogen-bond donors (Lipinski definition) is 0. The maximum atomic E-state index is 11.0. The first kappa shape index (κ1) is 10.2. The summed E-state index contributed by atoms with van der Waals surface area (Å²) in [4.78, 5) is 17.3. The summed E-state index contributed by atoms with van der Waals surface area (Å²) in [6.07, 6.45) is 0. The molecule has 1 rings (SSSR count). The molecule has 0 fully saturated rings. The summed E-state index contributed by atoms with van der Waals surface area (Å²) < 4.78 is 0. The molecule has 1 heterocycles. The molecule has 0 aromatic carbocycles. The lowest BCUT2D eigenvalue weighted by molar-refractivity contribution is 0.101. The summed E-state index contributed by atoms with van der Waals surface area (Å²) in [5.41, 5.74) is 0.563. The summed E-state index contributed by atoms with van der Waals surface area (Å²) in [5, 5.41) is 2.71. The fraction of sp³-hybridized carbons (Fsp3) is 0.556. The van der Waals surface area contributed by atoms with Crippen molar-refractivity contribution in [2.24, 2.45) is 0 Å². The molecule has 0 atom stereocenters. The Balaban J connectivity index is 2.85. The van der Waals surface area contributed by atoms with E-state index in [0.717, 1.165) is 5.13 Å². The van der Waals surface area contributed by atoms with Gasteiger partial charge in [-0.2, -0.15) is 0 Å². The van der Waals surface area contributed by atoms with Crippen LogP contribution in [0.5, 0.6) is 0 Å². The molecule has 0 aliphatic carbocycles. The van der Waals surface area contributed by atoms with Gasteiger partial charge >= 0.3 is 0 Å². The number of ketones is 1. The Hall–Kier alpha value is -0.900. The molecule has 0 amide bonds. The minimum absolute atomic E-state index is 0.0275. The van der Waals surface area contributed by atoms with Crippen molar-refractivity contribution in [2.45, 2.75) is 26.8 Å². The summed E-state index contributed by atoms with van der Waals surface area (Å²) in [7, 11) is 1.98. The highest BCUT2D eigenvalue weighted by Crippen LogP contribution is 2.20. The Morgan fingerprint density at radius 3 is 2.62 bits per heavy atom. The number of carbonyl (C=O) groups excluding carboxylic acids is 1. The molecule has 0 aliphatic rings. The van der Waals surface area contributed by atoms with Crippen LogP contribution in [0.4, 0.5) is 5.13 Å². The average Bonchev–Trinajstić information content (AvgIpc) is 2.50. The van der Waals surface area contributed by atoms with Gasteiger partial charge in [-0.25, -0.2) is 4.98 Å². The van der Waals surface area contributed by atoms with Gasteiger partial charge in [0, 0.05) is 25.4 Å². The van der Waals surface area contributed by atoms with Crippen molar-refractivity contribution in [1.29, 1.82) is 0 Å². The van der Waals surface area contributed by atoms with E-state index >= 15 is 0 Å². The zero-order chi connectivity index (χ0) is 10.0. The number of anilines is 1. The van der Waals surface area contributed by atoms with Crippen LogP contribution < -0.4 is 4.90 Å². The van der Waals surface area contributed by atoms with E-state index in [1.165, 1.54) is 18.3 Å². The molecule has 0 spiro atoms. The molecular weight excluding hydrogens is 184 g/mol. The van der Waals surface area contributed by atoms with Crippen LogP contribution in [0.15, 0.2) is 5.38 Å². The summed E-state index contributed by atoms with van der Waals surface area (Å²) >= 11 is 1.51. The second kappa shape index (κ2) is 3.87. The van der Waals surface area contributed by atoms with Crippen LogP contribution in [0.2, 0.25) is 0 Å². The number of thiazole rings is 1. The molecular formula is C9H14N2OS. The van der Waals surface area contributed by atoms with Gasteiger partial charge in [-0.15, -0.1) is 11.3 Å². The summed E-state index contributed by atoms with van der Waals surface area (Å²) in [6.45, 7) is 5.72. The van der Waals surface area contributed by atoms with Gasteiger partial charge < -0.3 is 4.90 Å². The van der Waals surface area contributed by atoms with Crippen molar-refractivity contribution in [3.05, 3.63) is 11.1 Å². The van der Waals surface area contributed by atoms with E-state index in [4.69, 9.17) is 0 Å². The second-order valence-electron chi connectivity index (χ2n) is 3.28. The van der Waals surface area contributed by atoms with Gasteiger partial charge in [0.15, 0.2) is 10.9 Å². The highest BCUT2D eigenvalue weighted by molar-refractivity contribution is 7.13. The molecule has 0 saturated carbocycles. The minimum atomic E-state index is 0.0275. The van der Waals surface area contributed by atoms with E-state index in [-0.39, 0.29) is 5.78 Å². The van der Waals surface area contributed by atoms with Crippen LogP contribution in [0.3, 0.4) is 0 Å². The quantitative estimate of drug-likeness (QED) is 0.698. The molecule has 13 heavy (non-hydrogen) atoms. The van der Waals surface area contributed by atoms with Gasteiger partial charge in [0.25, 0.3) is 0 Å². The maximum absolute atomic E-state index is 11.0. The van der Waals surface area contributed by atoms with E-state index in [2.05, 4.69) is 23.7 Å². The summed E-state index contributed by atoms with van der Waals surface area (Å²) in [5.74, 6) is 0.0275. The van der Waals surface area contributed by atoms with Crippen LogP contribution in [-0.2, 0) is 0 Å². The normalized spacial score (nSPS) is 10.5. The van der Waals surface area contributed by atoms with E-state index in [0.29, 0.717) is 11.7 Å². The molecule has 3 nitrogen and oxygen atoms in total. The van der Waals surface area contributed by atoms with Crippen molar-refractivity contribution >= 4 is 22.3 Å². The number of aromatic nitrogens is 1. The van der Waals surface area contributed by atoms with E-state index in [9.17, 15) is 4.79 Å². The number of nitrogens with zero attached hydrogens (tertiary/aromatic N) is 2. The van der Waals surface area contributed by atoms with Gasteiger partial charge in [0.1, 0.15) is 5.69 Å². The molecule has 0 saturated heterocycles. The van der Waals surface area contributed by atoms with Gasteiger partial charge in [-0.05, 0) is 13.8 Å². The van der Waals surface area contributed by atoms with Crippen LogP contribution in [0, 0.1) is 0 Å². The van der Waals surface area contributed by atoms with Crippen LogP contribution in [-0.4, -0.2) is 23.9 Å². The fourth-order valence-corrected chi connectivity index (χ4v) is 1.77. The largest absolute Gasteiger partial charge is 0.349 e. The van der Waals surface area contributed by atoms with Crippen molar-refractivity contribution in [3.8, 4) is 0 Å². The Labute approximate surface area is 82.4 Å². The van der Waals surface area contributed by atoms with Crippen molar-refractivity contribution in [2.75, 3.05) is 11.9 Å². The molecule has 0 aliphatic heterocycles. The van der Waals surface area contributed by atoms with E-state index in [1.807, 2.05) is 7.05 Å². The van der Waals surface area contributed by atoms with Gasteiger partial charge in [-0.3, -0.25) is 4.79 Å². The van der Waals surface area contributed by atoms with Crippen LogP contribution in [0.25, 0.3) is 0 Å². The summed E-state index contributed by atoms with van der Waals surface area (Å²) in [6, 6.07) is 0.408. The third-order valence-corrected chi connectivity index (χ3v) is 2.86. The van der Waals surface area contributed by atoms with Gasteiger partial charge in [0.2, 0.25) is 0 Å². The zero-order valence-corrected chi connectivity index (χ0v) is 9.18. The molecule has 0 unspecified atom stereocenters. The predicted octanol–water partition coefficient (Wildman–Crippen LogP) is 2.19. The minimum Gasteiger partial charge on any atom is -0.349 e. The first-order valence-electron chi connectivity index (χ1n) is 4.21. The molecule has 72 valence electrons. The Morgan fingerprint density at radius 1 is 1.62 bits per heavy atom. The standard InChI is InChI=1S/C9H14N2OS/c1-6(2)11(4)9-10-8(5-13-9)7(3)12/h5-6H,1-4H3. The molecule has 0 N–H and O–H groups in total. The average molecular weight is 198 g/mol. The Bertz CT molecular complexity index is 306. The van der Waals surface area contributed by atoms with Crippen molar-refractivity contribution in [1.82, 2.24) is 4.98 Å². The van der Waals surface area contributed by atoms with E-state index < -0.39 is 0 Å². The topological polar surface area (TPSA) is 33.2 Å². The molecule has 1 aromatic heterocycles. The lowest BCUT2D eigenvalue weighted by Gasteiger charge is -2.19. The lowest BCUT2D eigenvalue weighted by atomic mass is 10.3. The Morgan fingerprint density at radius 2 is 2.23 bits per heavy atom. The predicted molar refractivity (Wildman–Crippen MR) is 55.7 cm³/mol. The van der Waals surface area contributed by atoms with Crippen LogP contribution >= 0.6 is 11.3 Å². The molecule has 4 heteroatoms. The SMILES string of the molecule is CC(=O)c1csc(N(C)C(C)C)n1. The zero-order valence-electron chi connectivity index (χ0n) is 8.37. The first-order chi connectivity index (χ1) is 6.02. The smallest absolute Gasteiger partial charge is 0.185 e. The van der Waals surface area contributed by atoms with Crippen molar-refractivity contribution in [3.63, 3.8) is 0 Å². The third kappa shape index (κ3) is 2.28. The first-order valence-corrected chi connectivity index (χ1v) is 5.09. The second-order valence-corrected chi connectivity index (χ2v) is 4.11. The third-order valence-electron chi connectivity index (χ3n) is 1.93. The molecule has 0 bridgehead atoms. The van der Waals surface area contributed by atoms with E-state index in [1.54, 1.807) is 5.38 Å². The molecule has 0 radical (unpaired) electrons. The highest BCUT2D eigenvalue weighted by Gasteiger charge is 2.11. The van der Waals surface area contributed by atoms with Gasteiger partial charge in [0.05, 0.1) is 0 Å². The number of carbonyl (C=O) groups is 1. The number of hydrogen-bond acceptors (Lipinski definition) is 4. The maximum Gasteiger partial charge on any atom is 0.185 e. The lowest BCUT2D eigenvalue weighted by Crippen LogP contribution is -2.25. The monoisotopic (exact) mass is 198 g/mol. The highest BCUT2D eigenvalue weighted by atomic mass is 32.1. The fourth-order valence-electron chi connectivity index (χ4n) is 0.809. The van der Waals surface area contributed by atoms with Crippen molar-refractivity contribution < 1.29 is 4.79 Å². The van der Waals surface area contributed by atoms with Crippen LogP contribution in [0.1, 0.15) is 31.3 Å². The molecule has 1 aromatic rings. The number of rotatable bonds is 3.